The molecule has 0 spiro atoms. The number of ether oxygens (including phenoxy) is 1. The maximum atomic E-state index is 12.6. The first-order chi connectivity index (χ1) is 11.7. The first-order valence-corrected chi connectivity index (χ1v) is 7.97. The Hall–Kier alpha value is -3.00. The van der Waals surface area contributed by atoms with Crippen molar-refractivity contribution in [2.24, 2.45) is 0 Å². The highest BCUT2D eigenvalue weighted by atomic mass is 16.5. The number of anilines is 2. The Kier molecular flexibility index (Phi) is 5.03. The van der Waals surface area contributed by atoms with Crippen LogP contribution in [0.2, 0.25) is 0 Å². The highest BCUT2D eigenvalue weighted by molar-refractivity contribution is 6.05. The van der Waals surface area contributed by atoms with Crippen LogP contribution in [-0.4, -0.2) is 13.0 Å². The molecule has 0 heterocycles. The van der Waals surface area contributed by atoms with Crippen molar-refractivity contribution in [2.45, 2.75) is 33.1 Å². The van der Waals surface area contributed by atoms with Gasteiger partial charge in [0.05, 0.1) is 18.4 Å². The molecule has 0 unspecified atom stereocenters. The standard InChI is InChI=1S/C20H23N3O2/c1-12-6-7-13(9-16(12)22)19(24)23-17-10-15(20(2,3)4)8-14(11-21)18(17)25-5/h6-10H,22H2,1-5H3,(H,23,24). The van der Waals surface area contributed by atoms with Crippen molar-refractivity contribution in [3.63, 3.8) is 0 Å². The number of carbonyl (C=O) groups is 1. The summed E-state index contributed by atoms with van der Waals surface area (Å²) in [5, 5.41) is 12.3. The smallest absolute Gasteiger partial charge is 0.255 e. The van der Waals surface area contributed by atoms with E-state index >= 15 is 0 Å². The number of hydrogen-bond acceptors (Lipinski definition) is 4. The van der Waals surface area contributed by atoms with E-state index in [2.05, 4.69) is 11.4 Å². The third-order valence-corrected chi connectivity index (χ3v) is 4.07. The maximum Gasteiger partial charge on any atom is 0.255 e. The van der Waals surface area contributed by atoms with Crippen molar-refractivity contribution in [3.8, 4) is 11.8 Å². The van der Waals surface area contributed by atoms with E-state index < -0.39 is 0 Å². The van der Waals surface area contributed by atoms with Crippen molar-refractivity contribution in [2.75, 3.05) is 18.2 Å². The number of nitrogens with two attached hydrogens (primary N) is 1. The normalized spacial score (nSPS) is 10.9. The van der Waals surface area contributed by atoms with E-state index in [9.17, 15) is 10.1 Å². The lowest BCUT2D eigenvalue weighted by Crippen LogP contribution is -2.16. The Bertz CT molecular complexity index is 858. The van der Waals surface area contributed by atoms with E-state index in [1.807, 2.05) is 33.8 Å². The number of nitrogens with zero attached hydrogens (tertiary/aromatic N) is 1. The fourth-order valence-electron chi connectivity index (χ4n) is 2.43. The van der Waals surface area contributed by atoms with Gasteiger partial charge in [-0.3, -0.25) is 4.79 Å². The number of methoxy groups -OCH3 is 1. The Labute approximate surface area is 148 Å². The van der Waals surface area contributed by atoms with Crippen molar-refractivity contribution in [1.29, 1.82) is 5.26 Å². The monoisotopic (exact) mass is 337 g/mol. The molecule has 5 nitrogen and oxygen atoms in total. The topological polar surface area (TPSA) is 88.1 Å². The van der Waals surface area contributed by atoms with Gasteiger partial charge in [-0.25, -0.2) is 0 Å². The molecule has 0 aliphatic carbocycles. The SMILES string of the molecule is COc1c(C#N)cc(C(C)(C)C)cc1NC(=O)c1ccc(C)c(N)c1. The van der Waals surface area contributed by atoms with Gasteiger partial charge in [0, 0.05) is 11.3 Å². The van der Waals surface area contributed by atoms with Gasteiger partial charge >= 0.3 is 0 Å². The summed E-state index contributed by atoms with van der Waals surface area (Å²) in [6.07, 6.45) is 0. The predicted octanol–water partition coefficient (Wildman–Crippen LogP) is 4.01. The van der Waals surface area contributed by atoms with E-state index in [1.54, 1.807) is 24.3 Å². The minimum Gasteiger partial charge on any atom is -0.493 e. The number of aryl methyl sites for hydroxylation is 1. The zero-order valence-electron chi connectivity index (χ0n) is 15.2. The summed E-state index contributed by atoms with van der Waals surface area (Å²) in [5.41, 5.74) is 9.41. The fraction of sp³-hybridized carbons (Fsp3) is 0.300. The number of carbonyl (C=O) groups excluding carboxylic acids is 1. The summed E-state index contributed by atoms with van der Waals surface area (Å²) in [6.45, 7) is 8.01. The van der Waals surface area contributed by atoms with Gasteiger partial charge in [-0.15, -0.1) is 0 Å². The number of benzene rings is 2. The Morgan fingerprint density at radius 2 is 1.92 bits per heavy atom. The molecule has 0 radical (unpaired) electrons. The second-order valence-corrected chi connectivity index (χ2v) is 6.99. The molecule has 5 heteroatoms. The molecular weight excluding hydrogens is 314 g/mol. The Morgan fingerprint density at radius 3 is 2.44 bits per heavy atom. The number of nitrogen functional groups attached to an aromatic ring is 1. The molecule has 25 heavy (non-hydrogen) atoms. The van der Waals surface area contributed by atoms with Gasteiger partial charge in [-0.2, -0.15) is 5.26 Å². The molecule has 2 aromatic carbocycles. The van der Waals surface area contributed by atoms with Crippen molar-refractivity contribution in [3.05, 3.63) is 52.6 Å². The molecule has 0 aromatic heterocycles. The van der Waals surface area contributed by atoms with E-state index in [0.717, 1.165) is 11.1 Å². The first kappa shape index (κ1) is 18.3. The highest BCUT2D eigenvalue weighted by Gasteiger charge is 2.21. The quantitative estimate of drug-likeness (QED) is 0.828. The number of rotatable bonds is 3. The predicted molar refractivity (Wildman–Crippen MR) is 100.0 cm³/mol. The van der Waals surface area contributed by atoms with Crippen LogP contribution in [0, 0.1) is 18.3 Å². The summed E-state index contributed by atoms with van der Waals surface area (Å²) in [7, 11) is 1.48. The van der Waals surface area contributed by atoms with Crippen molar-refractivity contribution >= 4 is 17.3 Å². The van der Waals surface area contributed by atoms with Crippen LogP contribution in [0.25, 0.3) is 0 Å². The maximum absolute atomic E-state index is 12.6. The zero-order valence-corrected chi connectivity index (χ0v) is 15.2. The van der Waals surface area contributed by atoms with Crippen LogP contribution in [0.3, 0.4) is 0 Å². The van der Waals surface area contributed by atoms with Gasteiger partial charge in [0.1, 0.15) is 6.07 Å². The van der Waals surface area contributed by atoms with Gasteiger partial charge in [0.15, 0.2) is 5.75 Å². The third-order valence-electron chi connectivity index (χ3n) is 4.07. The number of hydrogen-bond donors (Lipinski definition) is 2. The number of amides is 1. The molecule has 0 aliphatic rings. The van der Waals surface area contributed by atoms with Gasteiger partial charge in [0.2, 0.25) is 0 Å². The average molecular weight is 337 g/mol. The van der Waals surface area contributed by atoms with Crippen molar-refractivity contribution < 1.29 is 9.53 Å². The minimum absolute atomic E-state index is 0.175. The van der Waals surface area contributed by atoms with Crippen LogP contribution in [0.4, 0.5) is 11.4 Å². The van der Waals surface area contributed by atoms with Crippen LogP contribution in [0.1, 0.15) is 47.8 Å². The third kappa shape index (κ3) is 3.92. The summed E-state index contributed by atoms with van der Waals surface area (Å²) in [4.78, 5) is 12.6. The summed E-state index contributed by atoms with van der Waals surface area (Å²) < 4.78 is 5.35. The molecule has 0 fully saturated rings. The van der Waals surface area contributed by atoms with Crippen molar-refractivity contribution in [1.82, 2.24) is 0 Å². The summed E-state index contributed by atoms with van der Waals surface area (Å²) >= 11 is 0. The first-order valence-electron chi connectivity index (χ1n) is 7.97. The second kappa shape index (κ2) is 6.86. The lowest BCUT2D eigenvalue weighted by Gasteiger charge is -2.22. The zero-order chi connectivity index (χ0) is 18.8. The van der Waals surface area contributed by atoms with Crippen LogP contribution in [0.15, 0.2) is 30.3 Å². The largest absolute Gasteiger partial charge is 0.493 e. The van der Waals surface area contributed by atoms with Crippen LogP contribution in [-0.2, 0) is 5.41 Å². The number of nitriles is 1. The molecule has 2 rings (SSSR count). The molecule has 130 valence electrons. The van der Waals surface area contributed by atoms with Gasteiger partial charge in [-0.1, -0.05) is 26.8 Å². The molecule has 0 saturated carbocycles. The average Bonchev–Trinajstić information content (AvgIpc) is 2.55. The second-order valence-electron chi connectivity index (χ2n) is 6.99. The molecule has 3 N–H and O–H groups in total. The highest BCUT2D eigenvalue weighted by Crippen LogP contribution is 2.35. The molecule has 0 bridgehead atoms. The van der Waals surface area contributed by atoms with Gasteiger partial charge in [-0.05, 0) is 47.7 Å². The molecule has 0 atom stereocenters. The Balaban J connectivity index is 2.48. The number of nitrogens with one attached hydrogen (secondary N) is 1. The molecule has 1 amide bonds. The fourth-order valence-corrected chi connectivity index (χ4v) is 2.43. The van der Waals surface area contributed by atoms with Gasteiger partial charge < -0.3 is 15.8 Å². The lowest BCUT2D eigenvalue weighted by molar-refractivity contribution is 0.102. The summed E-state index contributed by atoms with van der Waals surface area (Å²) in [5.74, 6) is 0.0453. The minimum atomic E-state index is -0.306. The van der Waals surface area contributed by atoms with Crippen LogP contribution < -0.4 is 15.8 Å². The van der Waals surface area contributed by atoms with Crippen LogP contribution in [0.5, 0.6) is 5.75 Å². The van der Waals surface area contributed by atoms with E-state index in [4.69, 9.17) is 10.5 Å². The van der Waals surface area contributed by atoms with E-state index in [1.165, 1.54) is 7.11 Å². The lowest BCUT2D eigenvalue weighted by atomic mass is 9.85. The van der Waals surface area contributed by atoms with Gasteiger partial charge in [0.25, 0.3) is 5.91 Å². The van der Waals surface area contributed by atoms with Crippen LogP contribution >= 0.6 is 0 Å². The summed E-state index contributed by atoms with van der Waals surface area (Å²) in [6, 6.07) is 10.9. The molecular formula is C20H23N3O2. The van der Waals surface area contributed by atoms with E-state index in [0.29, 0.717) is 28.3 Å². The molecule has 0 saturated heterocycles. The molecule has 2 aromatic rings. The molecule has 0 aliphatic heterocycles. The Morgan fingerprint density at radius 1 is 1.24 bits per heavy atom. The van der Waals surface area contributed by atoms with E-state index in [-0.39, 0.29) is 11.3 Å².